The second-order valence-electron chi connectivity index (χ2n) is 5.47. The van der Waals surface area contributed by atoms with Crippen LogP contribution in [0.5, 0.6) is 0 Å². The number of aromatic nitrogens is 2. The van der Waals surface area contributed by atoms with E-state index in [4.69, 9.17) is 0 Å². The first kappa shape index (κ1) is 13.8. The Bertz CT molecular complexity index is 546. The molecule has 0 aromatic carbocycles. The van der Waals surface area contributed by atoms with Crippen LogP contribution in [0, 0.1) is 5.92 Å². The monoisotopic (exact) mass is 290 g/mol. The van der Waals surface area contributed by atoms with Crippen molar-refractivity contribution >= 4 is 27.4 Å². The summed E-state index contributed by atoms with van der Waals surface area (Å²) in [7, 11) is 0. The zero-order chi connectivity index (χ0) is 13.8. The standard InChI is InChI=1S/C15H22N4S/c1-2-6-16-10-12-3-7-19(8-4-12)15-14-13(5-9-20-14)17-11-18-15/h5,9,11-12,16H,2-4,6-8,10H2,1H3. The Kier molecular flexibility index (Phi) is 4.47. The van der Waals surface area contributed by atoms with Gasteiger partial charge in [-0.25, -0.2) is 9.97 Å². The van der Waals surface area contributed by atoms with Gasteiger partial charge >= 0.3 is 0 Å². The van der Waals surface area contributed by atoms with Crippen molar-refractivity contribution in [3.8, 4) is 0 Å². The molecular weight excluding hydrogens is 268 g/mol. The third-order valence-electron chi connectivity index (χ3n) is 4.00. The van der Waals surface area contributed by atoms with E-state index < -0.39 is 0 Å². The van der Waals surface area contributed by atoms with E-state index in [0.29, 0.717) is 0 Å². The highest BCUT2D eigenvalue weighted by atomic mass is 32.1. The highest BCUT2D eigenvalue weighted by Gasteiger charge is 2.21. The van der Waals surface area contributed by atoms with Crippen molar-refractivity contribution in [1.29, 1.82) is 0 Å². The topological polar surface area (TPSA) is 41.0 Å². The van der Waals surface area contributed by atoms with Crippen LogP contribution in [0.4, 0.5) is 5.82 Å². The van der Waals surface area contributed by atoms with Gasteiger partial charge in [0.15, 0.2) is 0 Å². The molecule has 0 radical (unpaired) electrons. The Morgan fingerprint density at radius 2 is 2.20 bits per heavy atom. The van der Waals surface area contributed by atoms with E-state index in [1.807, 2.05) is 0 Å². The van der Waals surface area contributed by atoms with Gasteiger partial charge in [-0.05, 0) is 49.7 Å². The van der Waals surface area contributed by atoms with Crippen molar-refractivity contribution < 1.29 is 0 Å². The molecule has 0 saturated carbocycles. The van der Waals surface area contributed by atoms with E-state index in [1.54, 1.807) is 17.7 Å². The number of nitrogens with zero attached hydrogens (tertiary/aromatic N) is 3. The van der Waals surface area contributed by atoms with Gasteiger partial charge in [0.1, 0.15) is 12.1 Å². The van der Waals surface area contributed by atoms with Crippen LogP contribution in [0.25, 0.3) is 10.2 Å². The van der Waals surface area contributed by atoms with Crippen LogP contribution in [-0.4, -0.2) is 36.1 Å². The molecule has 5 heteroatoms. The Balaban J connectivity index is 1.62. The molecule has 1 aliphatic heterocycles. The van der Waals surface area contributed by atoms with Crippen molar-refractivity contribution in [3.05, 3.63) is 17.8 Å². The number of fused-ring (bicyclic) bond motifs is 1. The number of piperidine rings is 1. The second kappa shape index (κ2) is 6.50. The number of nitrogens with one attached hydrogen (secondary N) is 1. The quantitative estimate of drug-likeness (QED) is 0.860. The molecule has 1 fully saturated rings. The maximum Gasteiger partial charge on any atom is 0.150 e. The smallest absolute Gasteiger partial charge is 0.150 e. The Hall–Kier alpha value is -1.20. The lowest BCUT2D eigenvalue weighted by Crippen LogP contribution is -2.37. The lowest BCUT2D eigenvalue weighted by Gasteiger charge is -2.33. The molecule has 2 aromatic heterocycles. The van der Waals surface area contributed by atoms with Crippen molar-refractivity contribution in [1.82, 2.24) is 15.3 Å². The van der Waals surface area contributed by atoms with Gasteiger partial charge in [0.25, 0.3) is 0 Å². The summed E-state index contributed by atoms with van der Waals surface area (Å²) in [6, 6.07) is 2.08. The predicted octanol–water partition coefficient (Wildman–Crippen LogP) is 2.91. The average molecular weight is 290 g/mol. The van der Waals surface area contributed by atoms with Crippen LogP contribution < -0.4 is 10.2 Å². The summed E-state index contributed by atoms with van der Waals surface area (Å²) in [5, 5.41) is 5.64. The second-order valence-corrected chi connectivity index (χ2v) is 6.38. The number of hydrogen-bond acceptors (Lipinski definition) is 5. The molecule has 2 aromatic rings. The minimum absolute atomic E-state index is 0.818. The minimum atomic E-state index is 0.818. The van der Waals surface area contributed by atoms with Crippen LogP contribution in [0.1, 0.15) is 26.2 Å². The van der Waals surface area contributed by atoms with E-state index in [2.05, 4.69) is 38.6 Å². The minimum Gasteiger partial charge on any atom is -0.355 e. The number of anilines is 1. The molecule has 0 spiro atoms. The largest absolute Gasteiger partial charge is 0.355 e. The van der Waals surface area contributed by atoms with Gasteiger partial charge < -0.3 is 10.2 Å². The van der Waals surface area contributed by atoms with Gasteiger partial charge in [-0.3, -0.25) is 0 Å². The molecule has 3 rings (SSSR count). The first-order valence-corrected chi connectivity index (χ1v) is 8.40. The van der Waals surface area contributed by atoms with Gasteiger partial charge in [0.2, 0.25) is 0 Å². The molecule has 0 atom stereocenters. The predicted molar refractivity (Wildman–Crippen MR) is 85.5 cm³/mol. The van der Waals surface area contributed by atoms with E-state index in [-0.39, 0.29) is 0 Å². The normalized spacial score (nSPS) is 16.9. The molecule has 0 bridgehead atoms. The third kappa shape index (κ3) is 2.94. The third-order valence-corrected chi connectivity index (χ3v) is 4.90. The lowest BCUT2D eigenvalue weighted by molar-refractivity contribution is 0.383. The average Bonchev–Trinajstić information content (AvgIpc) is 2.97. The number of thiophene rings is 1. The molecule has 0 aliphatic carbocycles. The number of hydrogen-bond donors (Lipinski definition) is 1. The fraction of sp³-hybridized carbons (Fsp3) is 0.600. The molecule has 0 amide bonds. The fourth-order valence-corrected chi connectivity index (χ4v) is 3.69. The summed E-state index contributed by atoms with van der Waals surface area (Å²) in [5.41, 5.74) is 1.08. The van der Waals surface area contributed by atoms with Crippen LogP contribution in [0.3, 0.4) is 0 Å². The van der Waals surface area contributed by atoms with Crippen LogP contribution in [0.15, 0.2) is 17.8 Å². The molecule has 1 saturated heterocycles. The van der Waals surface area contributed by atoms with Crippen molar-refractivity contribution in [2.24, 2.45) is 5.92 Å². The van der Waals surface area contributed by atoms with E-state index in [9.17, 15) is 0 Å². The first-order chi connectivity index (χ1) is 9.88. The summed E-state index contributed by atoms with van der Waals surface area (Å²) in [5.74, 6) is 1.95. The van der Waals surface area contributed by atoms with Crippen LogP contribution >= 0.6 is 11.3 Å². The lowest BCUT2D eigenvalue weighted by atomic mass is 9.97. The zero-order valence-corrected chi connectivity index (χ0v) is 12.8. The summed E-state index contributed by atoms with van der Waals surface area (Å²) >= 11 is 1.75. The molecule has 1 aliphatic rings. The van der Waals surface area contributed by atoms with Crippen LogP contribution in [-0.2, 0) is 0 Å². The van der Waals surface area contributed by atoms with Crippen molar-refractivity contribution in [2.45, 2.75) is 26.2 Å². The number of rotatable bonds is 5. The van der Waals surface area contributed by atoms with E-state index >= 15 is 0 Å². The maximum absolute atomic E-state index is 4.51. The van der Waals surface area contributed by atoms with Gasteiger partial charge in [0, 0.05) is 13.1 Å². The van der Waals surface area contributed by atoms with Gasteiger partial charge in [-0.2, -0.15) is 0 Å². The molecular formula is C15H22N4S. The summed E-state index contributed by atoms with van der Waals surface area (Å²) in [6.07, 6.45) is 5.43. The summed E-state index contributed by atoms with van der Waals surface area (Å²) in [4.78, 5) is 11.3. The Morgan fingerprint density at radius 1 is 1.35 bits per heavy atom. The van der Waals surface area contributed by atoms with Crippen LogP contribution in [0.2, 0.25) is 0 Å². The van der Waals surface area contributed by atoms with E-state index in [0.717, 1.165) is 36.9 Å². The highest BCUT2D eigenvalue weighted by Crippen LogP contribution is 2.30. The Morgan fingerprint density at radius 3 is 3.00 bits per heavy atom. The first-order valence-electron chi connectivity index (χ1n) is 7.52. The summed E-state index contributed by atoms with van der Waals surface area (Å²) < 4.78 is 1.23. The highest BCUT2D eigenvalue weighted by molar-refractivity contribution is 7.17. The summed E-state index contributed by atoms with van der Waals surface area (Å²) in [6.45, 7) is 6.75. The molecule has 3 heterocycles. The van der Waals surface area contributed by atoms with Crippen molar-refractivity contribution in [2.75, 3.05) is 31.1 Å². The molecule has 0 unspecified atom stereocenters. The Labute approximate surface area is 124 Å². The zero-order valence-electron chi connectivity index (χ0n) is 12.0. The van der Waals surface area contributed by atoms with Crippen molar-refractivity contribution in [3.63, 3.8) is 0 Å². The van der Waals surface area contributed by atoms with Gasteiger partial charge in [-0.1, -0.05) is 6.92 Å². The molecule has 20 heavy (non-hydrogen) atoms. The molecule has 4 nitrogen and oxygen atoms in total. The molecule has 1 N–H and O–H groups in total. The van der Waals surface area contributed by atoms with Gasteiger partial charge in [-0.15, -0.1) is 11.3 Å². The van der Waals surface area contributed by atoms with Gasteiger partial charge in [0.05, 0.1) is 10.2 Å². The SMILES string of the molecule is CCCNCC1CCN(c2ncnc3ccsc23)CC1. The van der Waals surface area contributed by atoms with E-state index in [1.165, 1.54) is 30.5 Å². The maximum atomic E-state index is 4.51. The molecule has 108 valence electrons. The fourth-order valence-electron chi connectivity index (χ4n) is 2.83.